The lowest BCUT2D eigenvalue weighted by molar-refractivity contribution is -0.118. The quantitative estimate of drug-likeness (QED) is 0.546. The van der Waals surface area contributed by atoms with Gasteiger partial charge in [0.25, 0.3) is 0 Å². The van der Waals surface area contributed by atoms with Crippen LogP contribution < -0.4 is 10.6 Å². The molecule has 0 heterocycles. The third-order valence-corrected chi connectivity index (χ3v) is 4.58. The summed E-state index contributed by atoms with van der Waals surface area (Å²) in [6, 6.07) is 8.23. The first-order chi connectivity index (χ1) is 12.8. The second-order valence-corrected chi connectivity index (χ2v) is 6.85. The van der Waals surface area contributed by atoms with E-state index >= 15 is 0 Å². The van der Waals surface area contributed by atoms with Crippen molar-refractivity contribution in [1.82, 2.24) is 10.2 Å². The third-order valence-electron chi connectivity index (χ3n) is 4.58. The molecule has 0 aliphatic heterocycles. The Labute approximate surface area is 164 Å². The molecule has 0 fully saturated rings. The molecule has 1 atom stereocenters. The van der Waals surface area contributed by atoms with E-state index in [4.69, 9.17) is 0 Å². The Morgan fingerprint density at radius 1 is 1.33 bits per heavy atom. The highest BCUT2D eigenvalue weighted by Crippen LogP contribution is 2.24. The van der Waals surface area contributed by atoms with Gasteiger partial charge in [0, 0.05) is 49.2 Å². The molecule has 5 nitrogen and oxygen atoms in total. The Morgan fingerprint density at radius 2 is 2.04 bits per heavy atom. The molecule has 27 heavy (non-hydrogen) atoms. The predicted octanol–water partition coefficient (Wildman–Crippen LogP) is 3.81. The Balaban J connectivity index is 3.39. The van der Waals surface area contributed by atoms with Gasteiger partial charge in [-0.25, -0.2) is 0 Å². The van der Waals surface area contributed by atoms with Crippen molar-refractivity contribution in [3.05, 3.63) is 52.9 Å². The fraction of sp³-hybridized carbons (Fsp3) is 0.500. The number of allylic oxidation sites excluding steroid dienone is 2. The first-order valence-corrected chi connectivity index (χ1v) is 9.68. The number of nitrogens with one attached hydrogen (secondary N) is 2. The molecule has 1 aromatic rings. The minimum absolute atomic E-state index is 0.00544. The van der Waals surface area contributed by atoms with E-state index in [2.05, 4.69) is 54.5 Å². The van der Waals surface area contributed by atoms with Gasteiger partial charge in [-0.3, -0.25) is 4.79 Å². The second kappa shape index (κ2) is 11.4. The molecule has 150 valence electrons. The van der Waals surface area contributed by atoms with Crippen LogP contribution in [0.3, 0.4) is 0 Å². The minimum Gasteiger partial charge on any atom is -0.394 e. The highest BCUT2D eigenvalue weighted by molar-refractivity contribution is 5.73. The standard InChI is InChI=1S/C22H35N3O2/c1-7-10-21(24-19-12-9-11-16(3)13-19)20(14-23-18(5)27)22(8-2)25(6)17(4)15-26/h9-13,17,24,26H,7-8,14-15H2,1-6H3,(H,23,27)/b21-10-,22-20-. The number of nitrogens with zero attached hydrogens (tertiary/aromatic N) is 1. The summed E-state index contributed by atoms with van der Waals surface area (Å²) >= 11 is 0. The van der Waals surface area contributed by atoms with Gasteiger partial charge in [-0.1, -0.05) is 32.1 Å². The lowest BCUT2D eigenvalue weighted by atomic mass is 10.0. The van der Waals surface area contributed by atoms with E-state index in [1.165, 1.54) is 12.5 Å². The van der Waals surface area contributed by atoms with Crippen LogP contribution in [0.15, 0.2) is 47.3 Å². The maximum Gasteiger partial charge on any atom is 0.217 e. The normalized spacial score (nSPS) is 13.7. The van der Waals surface area contributed by atoms with E-state index in [1.807, 2.05) is 26.1 Å². The summed E-state index contributed by atoms with van der Waals surface area (Å²) in [6.45, 7) is 10.3. The van der Waals surface area contributed by atoms with Crippen molar-refractivity contribution >= 4 is 11.6 Å². The number of hydrogen-bond donors (Lipinski definition) is 3. The van der Waals surface area contributed by atoms with Crippen molar-refractivity contribution in [3.63, 3.8) is 0 Å². The molecule has 1 unspecified atom stereocenters. The molecule has 3 N–H and O–H groups in total. The predicted molar refractivity (Wildman–Crippen MR) is 113 cm³/mol. The number of amides is 1. The molecule has 0 aliphatic rings. The number of benzene rings is 1. The van der Waals surface area contributed by atoms with Gasteiger partial charge in [-0.15, -0.1) is 0 Å². The minimum atomic E-state index is -0.0628. The average molecular weight is 374 g/mol. The van der Waals surface area contributed by atoms with Crippen LogP contribution in [0.2, 0.25) is 0 Å². The van der Waals surface area contributed by atoms with E-state index in [1.54, 1.807) is 0 Å². The summed E-state index contributed by atoms with van der Waals surface area (Å²) in [5.41, 5.74) is 5.34. The van der Waals surface area contributed by atoms with E-state index in [0.29, 0.717) is 6.54 Å². The van der Waals surface area contributed by atoms with Gasteiger partial charge in [0.2, 0.25) is 5.91 Å². The molecule has 0 spiro atoms. The van der Waals surface area contributed by atoms with Crippen LogP contribution in [0.4, 0.5) is 5.69 Å². The van der Waals surface area contributed by atoms with E-state index in [0.717, 1.165) is 35.5 Å². The van der Waals surface area contributed by atoms with E-state index in [-0.39, 0.29) is 18.6 Å². The molecule has 0 aromatic heterocycles. The molecule has 1 amide bonds. The van der Waals surface area contributed by atoms with Crippen molar-refractivity contribution in [3.8, 4) is 0 Å². The number of hydrogen-bond acceptors (Lipinski definition) is 4. The first-order valence-electron chi connectivity index (χ1n) is 9.68. The maximum absolute atomic E-state index is 11.6. The van der Waals surface area contributed by atoms with Crippen molar-refractivity contribution in [2.45, 2.75) is 53.5 Å². The lowest BCUT2D eigenvalue weighted by Gasteiger charge is -2.31. The Bertz CT molecular complexity index is 680. The number of aryl methyl sites for hydroxylation is 1. The van der Waals surface area contributed by atoms with Crippen molar-refractivity contribution in [2.75, 3.05) is 25.5 Å². The Hall–Kier alpha value is -2.27. The Kier molecular flexibility index (Phi) is 9.65. The molecule has 0 aliphatic carbocycles. The highest BCUT2D eigenvalue weighted by atomic mass is 16.3. The van der Waals surface area contributed by atoms with Crippen molar-refractivity contribution in [1.29, 1.82) is 0 Å². The van der Waals surface area contributed by atoms with Crippen molar-refractivity contribution in [2.24, 2.45) is 0 Å². The molecule has 0 saturated carbocycles. The number of carbonyl (C=O) groups is 1. The zero-order chi connectivity index (χ0) is 20.4. The van der Waals surface area contributed by atoms with Crippen LogP contribution in [0.5, 0.6) is 0 Å². The monoisotopic (exact) mass is 373 g/mol. The summed E-state index contributed by atoms with van der Waals surface area (Å²) in [7, 11) is 1.99. The number of carbonyl (C=O) groups excluding carboxylic acids is 1. The van der Waals surface area contributed by atoms with E-state index in [9.17, 15) is 9.90 Å². The van der Waals surface area contributed by atoms with Gasteiger partial charge < -0.3 is 20.6 Å². The van der Waals surface area contributed by atoms with Crippen LogP contribution >= 0.6 is 0 Å². The molecular weight excluding hydrogens is 338 g/mol. The van der Waals surface area contributed by atoms with Crippen LogP contribution in [0, 0.1) is 6.92 Å². The van der Waals surface area contributed by atoms with Crippen LogP contribution in [-0.2, 0) is 4.79 Å². The number of anilines is 1. The van der Waals surface area contributed by atoms with Gasteiger partial charge in [0.1, 0.15) is 0 Å². The van der Waals surface area contributed by atoms with Gasteiger partial charge in [-0.05, 0) is 44.4 Å². The fourth-order valence-electron chi connectivity index (χ4n) is 2.96. The van der Waals surface area contributed by atoms with Crippen LogP contribution in [0.1, 0.15) is 46.1 Å². The topological polar surface area (TPSA) is 64.6 Å². The molecule has 0 saturated heterocycles. The average Bonchev–Trinajstić information content (AvgIpc) is 2.63. The number of likely N-dealkylation sites (N-methyl/N-ethyl adjacent to an activating group) is 1. The van der Waals surface area contributed by atoms with E-state index < -0.39 is 0 Å². The lowest BCUT2D eigenvalue weighted by Crippen LogP contribution is -2.34. The smallest absolute Gasteiger partial charge is 0.217 e. The molecule has 1 aromatic carbocycles. The summed E-state index contributed by atoms with van der Waals surface area (Å²) in [5, 5.41) is 16.1. The molecule has 5 heteroatoms. The molecule has 1 rings (SSSR count). The third kappa shape index (κ3) is 7.10. The van der Waals surface area contributed by atoms with Crippen LogP contribution in [-0.4, -0.2) is 42.2 Å². The summed E-state index contributed by atoms with van der Waals surface area (Å²) in [6.07, 6.45) is 3.81. The molecule has 0 bridgehead atoms. The molecule has 0 radical (unpaired) electrons. The highest BCUT2D eigenvalue weighted by Gasteiger charge is 2.18. The summed E-state index contributed by atoms with van der Waals surface area (Å²) in [5.74, 6) is -0.0628. The van der Waals surface area contributed by atoms with Gasteiger partial charge in [0.05, 0.1) is 6.61 Å². The number of rotatable bonds is 10. The van der Waals surface area contributed by atoms with Gasteiger partial charge >= 0.3 is 0 Å². The largest absolute Gasteiger partial charge is 0.394 e. The first kappa shape index (κ1) is 22.8. The van der Waals surface area contributed by atoms with Gasteiger partial charge in [-0.2, -0.15) is 0 Å². The van der Waals surface area contributed by atoms with Crippen LogP contribution in [0.25, 0.3) is 0 Å². The zero-order valence-electron chi connectivity index (χ0n) is 17.6. The maximum atomic E-state index is 11.6. The zero-order valence-corrected chi connectivity index (χ0v) is 17.6. The van der Waals surface area contributed by atoms with Crippen molar-refractivity contribution < 1.29 is 9.90 Å². The SMILES string of the molecule is CC/C=C(Nc1cccc(C)c1)/C(CNC(C)=O)=C(/CC)N(C)C(C)CO. The van der Waals surface area contributed by atoms with Gasteiger partial charge in [0.15, 0.2) is 0 Å². The number of aliphatic hydroxyl groups is 1. The molecular formula is C22H35N3O2. The Morgan fingerprint density at radius 3 is 2.56 bits per heavy atom. The number of aliphatic hydroxyl groups excluding tert-OH is 1. The summed E-state index contributed by atoms with van der Waals surface area (Å²) < 4.78 is 0. The summed E-state index contributed by atoms with van der Waals surface area (Å²) in [4.78, 5) is 13.7. The second-order valence-electron chi connectivity index (χ2n) is 6.85. The fourth-order valence-corrected chi connectivity index (χ4v) is 2.96.